The maximum absolute atomic E-state index is 6.07. The van der Waals surface area contributed by atoms with E-state index >= 15 is 0 Å². The first-order valence-corrected chi connectivity index (χ1v) is 8.17. The van der Waals surface area contributed by atoms with Crippen LogP contribution in [0.25, 0.3) is 0 Å². The third-order valence-corrected chi connectivity index (χ3v) is 3.76. The molecule has 0 N–H and O–H groups in total. The summed E-state index contributed by atoms with van der Waals surface area (Å²) in [5.41, 5.74) is 2.25. The minimum absolute atomic E-state index is 0.257. The van der Waals surface area contributed by atoms with Crippen LogP contribution in [0, 0.1) is 13.8 Å². The second kappa shape index (κ2) is 8.05. The van der Waals surface area contributed by atoms with Crippen molar-refractivity contribution in [2.75, 3.05) is 6.16 Å². The van der Waals surface area contributed by atoms with Crippen LogP contribution in [-0.2, 0) is 0 Å². The van der Waals surface area contributed by atoms with Gasteiger partial charge in [-0.25, -0.2) is 0 Å². The predicted molar refractivity (Wildman–Crippen MR) is 91.2 cm³/mol. The van der Waals surface area contributed by atoms with Crippen LogP contribution >= 0.6 is 9.24 Å². The summed E-state index contributed by atoms with van der Waals surface area (Å²) in [5.74, 6) is 1.78. The Kier molecular flexibility index (Phi) is 6.07. The van der Waals surface area contributed by atoms with E-state index in [0.29, 0.717) is 0 Å². The molecule has 0 heterocycles. The smallest absolute Gasteiger partial charge is 0.241 e. The molecule has 112 valence electrons. The van der Waals surface area contributed by atoms with Gasteiger partial charge in [0.2, 0.25) is 6.29 Å². The lowest BCUT2D eigenvalue weighted by Gasteiger charge is -2.22. The fourth-order valence-corrected chi connectivity index (χ4v) is 2.32. The molecule has 2 rings (SSSR count). The van der Waals surface area contributed by atoms with Gasteiger partial charge in [-0.2, -0.15) is 0 Å². The summed E-state index contributed by atoms with van der Waals surface area (Å²) in [4.78, 5) is 0. The van der Waals surface area contributed by atoms with Crippen LogP contribution in [0.2, 0.25) is 0 Å². The molecular formula is C18H23O2P. The Morgan fingerprint density at radius 1 is 0.857 bits per heavy atom. The molecule has 0 fully saturated rings. The second-order valence-electron chi connectivity index (χ2n) is 5.13. The van der Waals surface area contributed by atoms with Crippen molar-refractivity contribution in [2.24, 2.45) is 0 Å². The lowest BCUT2D eigenvalue weighted by molar-refractivity contribution is -0.00182. The predicted octanol–water partition coefficient (Wildman–Crippen LogP) is 4.74. The van der Waals surface area contributed by atoms with Crippen molar-refractivity contribution < 1.29 is 9.47 Å². The molecule has 0 aliphatic rings. The van der Waals surface area contributed by atoms with Crippen LogP contribution in [0.15, 0.2) is 48.5 Å². The molecule has 0 amide bonds. The molecule has 0 saturated carbocycles. The van der Waals surface area contributed by atoms with Gasteiger partial charge in [-0.3, -0.25) is 0 Å². The molecule has 0 aliphatic heterocycles. The van der Waals surface area contributed by atoms with Gasteiger partial charge < -0.3 is 9.47 Å². The molecule has 0 aromatic heterocycles. The maximum Gasteiger partial charge on any atom is 0.241 e. The lowest BCUT2D eigenvalue weighted by atomic mass is 10.2. The molecule has 1 unspecified atom stereocenters. The summed E-state index contributed by atoms with van der Waals surface area (Å²) in [6, 6.07) is 16.1. The van der Waals surface area contributed by atoms with Crippen LogP contribution in [0.3, 0.4) is 0 Å². The zero-order valence-electron chi connectivity index (χ0n) is 12.7. The van der Waals surface area contributed by atoms with E-state index in [2.05, 4.69) is 35.2 Å². The van der Waals surface area contributed by atoms with Crippen molar-refractivity contribution in [3.05, 3.63) is 59.7 Å². The van der Waals surface area contributed by atoms with Crippen molar-refractivity contribution in [1.82, 2.24) is 0 Å². The average Bonchev–Trinajstić information content (AvgIpc) is 2.49. The van der Waals surface area contributed by atoms with Crippen LogP contribution < -0.4 is 9.47 Å². The van der Waals surface area contributed by atoms with E-state index < -0.39 is 0 Å². The maximum atomic E-state index is 6.07. The zero-order valence-corrected chi connectivity index (χ0v) is 13.9. The number of benzene rings is 2. The van der Waals surface area contributed by atoms with Gasteiger partial charge in [0.15, 0.2) is 0 Å². The summed E-state index contributed by atoms with van der Waals surface area (Å²) in [7, 11) is 2.75. The molecule has 0 radical (unpaired) electrons. The third-order valence-electron chi connectivity index (χ3n) is 3.35. The Morgan fingerprint density at radius 2 is 1.33 bits per heavy atom. The molecular weight excluding hydrogens is 279 g/mol. The second-order valence-corrected chi connectivity index (χ2v) is 5.70. The first kappa shape index (κ1) is 15.9. The van der Waals surface area contributed by atoms with Gasteiger partial charge in [0.1, 0.15) is 11.5 Å². The van der Waals surface area contributed by atoms with Gasteiger partial charge in [-0.15, -0.1) is 9.24 Å². The van der Waals surface area contributed by atoms with E-state index in [9.17, 15) is 0 Å². The first-order valence-electron chi connectivity index (χ1n) is 7.35. The van der Waals surface area contributed by atoms with Gasteiger partial charge in [0.25, 0.3) is 0 Å². The third kappa shape index (κ3) is 4.75. The van der Waals surface area contributed by atoms with Gasteiger partial charge >= 0.3 is 0 Å². The standard InChI is InChI=1S/C18H23O2P/c1-14-8-3-5-10-16(14)19-18(12-7-13-21)20-17-11-6-4-9-15(17)2/h3-6,8-11,18H,7,12-13,21H2,1-2H3. The molecule has 0 aliphatic carbocycles. The van der Waals surface area contributed by atoms with Crippen molar-refractivity contribution >= 4 is 9.24 Å². The largest absolute Gasteiger partial charge is 0.455 e. The number of rotatable bonds is 7. The number of aryl methyl sites for hydroxylation is 2. The normalized spacial score (nSPS) is 10.7. The number of hydrogen-bond acceptors (Lipinski definition) is 2. The van der Waals surface area contributed by atoms with Crippen molar-refractivity contribution in [3.8, 4) is 11.5 Å². The molecule has 2 aromatic rings. The highest BCUT2D eigenvalue weighted by Gasteiger charge is 2.14. The fourth-order valence-electron chi connectivity index (χ4n) is 2.09. The first-order chi connectivity index (χ1) is 10.2. The van der Waals surface area contributed by atoms with Crippen molar-refractivity contribution in [1.29, 1.82) is 0 Å². The zero-order chi connectivity index (χ0) is 15.1. The highest BCUT2D eigenvalue weighted by molar-refractivity contribution is 7.16. The molecule has 0 saturated heterocycles. The molecule has 1 atom stereocenters. The fraction of sp³-hybridized carbons (Fsp3) is 0.333. The van der Waals surface area contributed by atoms with Crippen molar-refractivity contribution in [3.63, 3.8) is 0 Å². The van der Waals surface area contributed by atoms with E-state index in [-0.39, 0.29) is 6.29 Å². The summed E-state index contributed by atoms with van der Waals surface area (Å²) in [5, 5.41) is 0. The topological polar surface area (TPSA) is 18.5 Å². The van der Waals surface area contributed by atoms with E-state index in [1.54, 1.807) is 0 Å². The van der Waals surface area contributed by atoms with Crippen LogP contribution in [0.1, 0.15) is 24.0 Å². The van der Waals surface area contributed by atoms with E-state index in [4.69, 9.17) is 9.47 Å². The monoisotopic (exact) mass is 302 g/mol. The van der Waals surface area contributed by atoms with Gasteiger partial charge in [-0.1, -0.05) is 36.4 Å². The molecule has 2 aromatic carbocycles. The lowest BCUT2D eigenvalue weighted by Crippen LogP contribution is -2.24. The molecule has 0 spiro atoms. The molecule has 3 heteroatoms. The summed E-state index contributed by atoms with van der Waals surface area (Å²) in [6.45, 7) is 4.10. The minimum atomic E-state index is -0.257. The van der Waals surface area contributed by atoms with Gasteiger partial charge in [-0.05, 0) is 49.7 Å². The summed E-state index contributed by atoms with van der Waals surface area (Å²) in [6.07, 6.45) is 2.71. The summed E-state index contributed by atoms with van der Waals surface area (Å²) < 4.78 is 12.1. The Morgan fingerprint density at radius 3 is 1.76 bits per heavy atom. The highest BCUT2D eigenvalue weighted by Crippen LogP contribution is 2.23. The number of para-hydroxylation sites is 2. The Labute approximate surface area is 129 Å². The van der Waals surface area contributed by atoms with E-state index in [1.807, 2.05) is 36.4 Å². The van der Waals surface area contributed by atoms with Crippen LogP contribution in [0.5, 0.6) is 11.5 Å². The average molecular weight is 302 g/mol. The quantitative estimate of drug-likeness (QED) is 0.543. The molecule has 0 bridgehead atoms. The van der Waals surface area contributed by atoms with Crippen molar-refractivity contribution in [2.45, 2.75) is 33.0 Å². The molecule has 21 heavy (non-hydrogen) atoms. The Balaban J connectivity index is 2.11. The van der Waals surface area contributed by atoms with E-state index in [1.165, 1.54) is 0 Å². The molecule has 2 nitrogen and oxygen atoms in total. The Bertz CT molecular complexity index is 521. The number of ether oxygens (including phenoxy) is 2. The summed E-state index contributed by atoms with van der Waals surface area (Å²) >= 11 is 0. The van der Waals surface area contributed by atoms with E-state index in [0.717, 1.165) is 41.6 Å². The van der Waals surface area contributed by atoms with Gasteiger partial charge in [0, 0.05) is 6.42 Å². The minimum Gasteiger partial charge on any atom is -0.455 e. The SMILES string of the molecule is Cc1ccccc1OC(CCCP)Oc1ccccc1C. The number of hydrogen-bond donors (Lipinski definition) is 0. The van der Waals surface area contributed by atoms with Gasteiger partial charge in [0.05, 0.1) is 0 Å². The van der Waals surface area contributed by atoms with Crippen LogP contribution in [-0.4, -0.2) is 12.5 Å². The van der Waals surface area contributed by atoms with Crippen LogP contribution in [0.4, 0.5) is 0 Å². The highest BCUT2D eigenvalue weighted by atomic mass is 31.0. The Hall–Kier alpha value is -1.53.